The van der Waals surface area contributed by atoms with Crippen molar-refractivity contribution in [2.24, 2.45) is 5.41 Å². The Morgan fingerprint density at radius 1 is 0.824 bits per heavy atom. The lowest BCUT2D eigenvalue weighted by Crippen LogP contribution is -2.30. The van der Waals surface area contributed by atoms with E-state index in [0.717, 1.165) is 43.2 Å². The molecule has 3 nitrogen and oxygen atoms in total. The molecule has 1 fully saturated rings. The van der Waals surface area contributed by atoms with Crippen molar-refractivity contribution < 1.29 is 15.3 Å². The van der Waals surface area contributed by atoms with E-state index in [1.165, 1.54) is 54.4 Å². The van der Waals surface area contributed by atoms with Gasteiger partial charge in [0.25, 0.3) is 0 Å². The summed E-state index contributed by atoms with van der Waals surface area (Å²) in [7, 11) is 0. The first-order valence-electron chi connectivity index (χ1n) is 13.3. The van der Waals surface area contributed by atoms with E-state index in [4.69, 9.17) is 0 Å². The Labute approximate surface area is 207 Å². The number of aryl methyl sites for hydroxylation is 3. The van der Waals surface area contributed by atoms with E-state index in [1.54, 1.807) is 0 Å². The van der Waals surface area contributed by atoms with Crippen molar-refractivity contribution in [3.63, 3.8) is 0 Å². The summed E-state index contributed by atoms with van der Waals surface area (Å²) in [5, 5.41) is 29.7. The van der Waals surface area contributed by atoms with Gasteiger partial charge in [-0.25, -0.2) is 0 Å². The van der Waals surface area contributed by atoms with Crippen LogP contribution in [0.5, 0.6) is 0 Å². The third-order valence-corrected chi connectivity index (χ3v) is 8.20. The first-order chi connectivity index (χ1) is 16.2. The third kappa shape index (κ3) is 6.50. The first kappa shape index (κ1) is 26.9. The molecule has 0 amide bonds. The van der Waals surface area contributed by atoms with Gasteiger partial charge >= 0.3 is 0 Å². The Bertz CT molecular complexity index is 919. The van der Waals surface area contributed by atoms with Gasteiger partial charge in [0, 0.05) is 0 Å². The Hall–Kier alpha value is -1.68. The van der Waals surface area contributed by atoms with Crippen LogP contribution in [0.3, 0.4) is 0 Å². The van der Waals surface area contributed by atoms with Crippen LogP contribution in [0.25, 0.3) is 0 Å². The SMILES string of the molecule is CCc1cc(C2(CCc3ccc(CO)c(CO)c3)CCCCC2)ccc1CCC(O)C(C)(C)C. The molecule has 0 aromatic heterocycles. The Kier molecular flexibility index (Phi) is 9.37. The predicted molar refractivity (Wildman–Crippen MR) is 141 cm³/mol. The molecule has 0 radical (unpaired) electrons. The maximum absolute atomic E-state index is 10.5. The number of aliphatic hydroxyl groups excluding tert-OH is 3. The second-order valence-corrected chi connectivity index (χ2v) is 11.5. The van der Waals surface area contributed by atoms with Crippen LogP contribution < -0.4 is 0 Å². The maximum atomic E-state index is 10.5. The van der Waals surface area contributed by atoms with Gasteiger partial charge in [-0.05, 0) is 89.2 Å². The van der Waals surface area contributed by atoms with Gasteiger partial charge < -0.3 is 15.3 Å². The highest BCUT2D eigenvalue weighted by Gasteiger charge is 2.34. The Morgan fingerprint density at radius 3 is 2.12 bits per heavy atom. The molecule has 1 aliphatic rings. The van der Waals surface area contributed by atoms with E-state index in [2.05, 4.69) is 58.0 Å². The summed E-state index contributed by atoms with van der Waals surface area (Å²) in [5.74, 6) is 0. The predicted octanol–water partition coefficient (Wildman–Crippen LogP) is 6.41. The summed E-state index contributed by atoms with van der Waals surface area (Å²) in [6.07, 6.45) is 10.9. The topological polar surface area (TPSA) is 60.7 Å². The van der Waals surface area contributed by atoms with Crippen molar-refractivity contribution in [1.82, 2.24) is 0 Å². The smallest absolute Gasteiger partial charge is 0.0685 e. The second kappa shape index (κ2) is 11.8. The van der Waals surface area contributed by atoms with Crippen molar-refractivity contribution in [2.75, 3.05) is 0 Å². The zero-order valence-corrected chi connectivity index (χ0v) is 21.9. The standard InChI is InChI=1S/C31H46O3/c1-5-24-20-28(13-11-25(24)12-14-29(34)30(2,3)4)31(16-7-6-8-17-31)18-15-23-9-10-26(21-32)27(19-23)22-33/h9-11,13,19-20,29,32-34H,5-8,12,14-18,21-22H2,1-4H3. The molecule has 0 aliphatic heterocycles. The lowest BCUT2D eigenvalue weighted by atomic mass is 9.66. The molecule has 1 atom stereocenters. The number of aliphatic hydroxyl groups is 3. The molecule has 0 saturated heterocycles. The molecule has 188 valence electrons. The van der Waals surface area contributed by atoms with Crippen molar-refractivity contribution in [2.45, 2.75) is 117 Å². The molecule has 1 aliphatic carbocycles. The fourth-order valence-corrected chi connectivity index (χ4v) is 5.69. The summed E-state index contributed by atoms with van der Waals surface area (Å²) in [4.78, 5) is 0. The van der Waals surface area contributed by atoms with Gasteiger partial charge in [-0.15, -0.1) is 0 Å². The molecule has 1 unspecified atom stereocenters. The summed E-state index contributed by atoms with van der Waals surface area (Å²) in [6.45, 7) is 8.51. The molecule has 0 spiro atoms. The highest BCUT2D eigenvalue weighted by molar-refractivity contribution is 5.38. The fourth-order valence-electron chi connectivity index (χ4n) is 5.69. The van der Waals surface area contributed by atoms with Crippen LogP contribution in [0.15, 0.2) is 36.4 Å². The summed E-state index contributed by atoms with van der Waals surface area (Å²) in [5.41, 5.74) is 7.33. The van der Waals surface area contributed by atoms with Gasteiger partial charge in [-0.1, -0.05) is 83.4 Å². The maximum Gasteiger partial charge on any atom is 0.0685 e. The minimum atomic E-state index is -0.289. The van der Waals surface area contributed by atoms with E-state index in [-0.39, 0.29) is 30.1 Å². The molecule has 2 aromatic carbocycles. The number of hydrogen-bond acceptors (Lipinski definition) is 3. The molecule has 3 rings (SSSR count). The molecule has 2 aromatic rings. The molecular formula is C31H46O3. The largest absolute Gasteiger partial charge is 0.393 e. The first-order valence-corrected chi connectivity index (χ1v) is 13.3. The van der Waals surface area contributed by atoms with Gasteiger partial charge in [-0.2, -0.15) is 0 Å². The van der Waals surface area contributed by atoms with Gasteiger partial charge in [0.2, 0.25) is 0 Å². The summed E-state index contributed by atoms with van der Waals surface area (Å²) in [6, 6.07) is 13.3. The highest BCUT2D eigenvalue weighted by atomic mass is 16.3. The number of hydrogen-bond donors (Lipinski definition) is 3. The molecule has 3 heteroatoms. The molecule has 0 heterocycles. The minimum Gasteiger partial charge on any atom is -0.393 e. The number of benzene rings is 2. The van der Waals surface area contributed by atoms with Crippen LogP contribution in [-0.4, -0.2) is 21.4 Å². The van der Waals surface area contributed by atoms with E-state index < -0.39 is 0 Å². The van der Waals surface area contributed by atoms with Gasteiger partial charge in [0.05, 0.1) is 19.3 Å². The average molecular weight is 467 g/mol. The van der Waals surface area contributed by atoms with Crippen molar-refractivity contribution >= 4 is 0 Å². The zero-order valence-electron chi connectivity index (χ0n) is 21.9. The van der Waals surface area contributed by atoms with E-state index in [0.29, 0.717) is 0 Å². The fraction of sp³-hybridized carbons (Fsp3) is 0.613. The normalized spacial score (nSPS) is 17.0. The van der Waals surface area contributed by atoms with Gasteiger partial charge in [0.1, 0.15) is 0 Å². The molecule has 1 saturated carbocycles. The van der Waals surface area contributed by atoms with E-state index >= 15 is 0 Å². The van der Waals surface area contributed by atoms with Crippen LogP contribution in [0.1, 0.15) is 106 Å². The summed E-state index contributed by atoms with van der Waals surface area (Å²) < 4.78 is 0. The van der Waals surface area contributed by atoms with Gasteiger partial charge in [-0.3, -0.25) is 0 Å². The van der Waals surface area contributed by atoms with Crippen LogP contribution in [0.4, 0.5) is 0 Å². The molecule has 3 N–H and O–H groups in total. The quantitative estimate of drug-likeness (QED) is 0.379. The monoisotopic (exact) mass is 466 g/mol. The lowest BCUT2D eigenvalue weighted by molar-refractivity contribution is 0.0559. The van der Waals surface area contributed by atoms with Crippen LogP contribution in [-0.2, 0) is 37.9 Å². The third-order valence-electron chi connectivity index (χ3n) is 8.20. The summed E-state index contributed by atoms with van der Waals surface area (Å²) >= 11 is 0. The molecular weight excluding hydrogens is 420 g/mol. The van der Waals surface area contributed by atoms with Crippen molar-refractivity contribution in [1.29, 1.82) is 0 Å². The van der Waals surface area contributed by atoms with Crippen LogP contribution in [0, 0.1) is 5.41 Å². The molecule has 34 heavy (non-hydrogen) atoms. The Morgan fingerprint density at radius 2 is 1.50 bits per heavy atom. The van der Waals surface area contributed by atoms with Gasteiger partial charge in [0.15, 0.2) is 0 Å². The number of rotatable bonds is 10. The lowest BCUT2D eigenvalue weighted by Gasteiger charge is -2.39. The van der Waals surface area contributed by atoms with Crippen molar-refractivity contribution in [3.8, 4) is 0 Å². The van der Waals surface area contributed by atoms with E-state index in [9.17, 15) is 15.3 Å². The van der Waals surface area contributed by atoms with Crippen LogP contribution >= 0.6 is 0 Å². The van der Waals surface area contributed by atoms with Crippen LogP contribution in [0.2, 0.25) is 0 Å². The second-order valence-electron chi connectivity index (χ2n) is 11.5. The zero-order chi connectivity index (χ0) is 24.8. The minimum absolute atomic E-state index is 0.0277. The highest BCUT2D eigenvalue weighted by Crippen LogP contribution is 2.44. The molecule has 0 bridgehead atoms. The van der Waals surface area contributed by atoms with E-state index in [1.807, 2.05) is 6.07 Å². The Balaban J connectivity index is 1.81. The average Bonchev–Trinajstić information content (AvgIpc) is 2.85. The van der Waals surface area contributed by atoms with Crippen molar-refractivity contribution in [3.05, 3.63) is 69.8 Å².